The van der Waals surface area contributed by atoms with Crippen molar-refractivity contribution in [3.63, 3.8) is 0 Å². The van der Waals surface area contributed by atoms with E-state index in [-0.39, 0.29) is 0 Å². The van der Waals surface area contributed by atoms with Crippen LogP contribution in [0.4, 0.5) is 5.82 Å². The Bertz CT molecular complexity index is 454. The van der Waals surface area contributed by atoms with Crippen LogP contribution in [-0.4, -0.2) is 35.6 Å². The Morgan fingerprint density at radius 2 is 2.16 bits per heavy atom. The second-order valence-corrected chi connectivity index (χ2v) is 5.51. The first kappa shape index (κ1) is 12.4. The normalized spacial score (nSPS) is 22.2. The molecule has 1 aliphatic heterocycles. The highest BCUT2D eigenvalue weighted by atomic mass is 15.2. The van der Waals surface area contributed by atoms with Crippen molar-refractivity contribution in [2.24, 2.45) is 5.92 Å². The Morgan fingerprint density at radius 3 is 2.74 bits per heavy atom. The molecule has 0 spiro atoms. The van der Waals surface area contributed by atoms with Crippen LogP contribution >= 0.6 is 0 Å². The first-order valence-electron chi connectivity index (χ1n) is 7.05. The van der Waals surface area contributed by atoms with Crippen molar-refractivity contribution in [3.8, 4) is 6.07 Å². The molecule has 1 saturated carbocycles. The van der Waals surface area contributed by atoms with Gasteiger partial charge in [-0.2, -0.15) is 5.26 Å². The van der Waals surface area contributed by atoms with Gasteiger partial charge in [-0.3, -0.25) is 0 Å². The molecule has 1 aliphatic carbocycles. The second kappa shape index (κ2) is 5.54. The van der Waals surface area contributed by atoms with E-state index >= 15 is 0 Å². The van der Waals surface area contributed by atoms with Gasteiger partial charge in [0, 0.05) is 19.1 Å². The zero-order valence-electron chi connectivity index (χ0n) is 11.0. The van der Waals surface area contributed by atoms with Crippen molar-refractivity contribution in [3.05, 3.63) is 18.1 Å². The SMILES string of the molecule is N#Cc1cnc(N(CC2CC2)CC2CCCN2)cn1. The minimum absolute atomic E-state index is 0.383. The second-order valence-electron chi connectivity index (χ2n) is 5.51. The largest absolute Gasteiger partial charge is 0.354 e. The molecule has 100 valence electrons. The van der Waals surface area contributed by atoms with Gasteiger partial charge in [-0.25, -0.2) is 9.97 Å². The summed E-state index contributed by atoms with van der Waals surface area (Å²) in [5.41, 5.74) is 0.383. The van der Waals surface area contributed by atoms with Crippen LogP contribution in [-0.2, 0) is 0 Å². The summed E-state index contributed by atoms with van der Waals surface area (Å²) < 4.78 is 0. The molecule has 0 aromatic carbocycles. The molecule has 0 radical (unpaired) electrons. The molecule has 2 heterocycles. The third-order valence-electron chi connectivity index (χ3n) is 3.86. The quantitative estimate of drug-likeness (QED) is 0.861. The molecule has 19 heavy (non-hydrogen) atoms. The van der Waals surface area contributed by atoms with Crippen LogP contribution in [0.2, 0.25) is 0 Å². The molecule has 2 aliphatic rings. The van der Waals surface area contributed by atoms with Crippen molar-refractivity contribution in [2.45, 2.75) is 31.7 Å². The highest BCUT2D eigenvalue weighted by molar-refractivity contribution is 5.38. The molecule has 5 heteroatoms. The molecule has 1 N–H and O–H groups in total. The summed E-state index contributed by atoms with van der Waals surface area (Å²) in [7, 11) is 0. The molecule has 1 aromatic rings. The molecule has 1 atom stereocenters. The van der Waals surface area contributed by atoms with Crippen molar-refractivity contribution < 1.29 is 0 Å². The molecular formula is C14H19N5. The van der Waals surface area contributed by atoms with Gasteiger partial charge in [0.05, 0.1) is 12.4 Å². The number of hydrogen-bond acceptors (Lipinski definition) is 5. The summed E-state index contributed by atoms with van der Waals surface area (Å²) in [6.07, 6.45) is 8.47. The van der Waals surface area contributed by atoms with E-state index in [1.165, 1.54) is 25.7 Å². The Morgan fingerprint density at radius 1 is 1.26 bits per heavy atom. The number of nitrogens with one attached hydrogen (secondary N) is 1. The molecule has 1 aromatic heterocycles. The number of nitriles is 1. The highest BCUT2D eigenvalue weighted by Gasteiger charge is 2.27. The van der Waals surface area contributed by atoms with Gasteiger partial charge < -0.3 is 10.2 Å². The van der Waals surface area contributed by atoms with Crippen LogP contribution in [0, 0.1) is 17.2 Å². The van der Waals surface area contributed by atoms with Crippen LogP contribution in [0.3, 0.4) is 0 Å². The van der Waals surface area contributed by atoms with Gasteiger partial charge >= 0.3 is 0 Å². The zero-order chi connectivity index (χ0) is 13.1. The molecule has 2 fully saturated rings. The molecular weight excluding hydrogens is 238 g/mol. The van der Waals surface area contributed by atoms with Crippen molar-refractivity contribution in [1.29, 1.82) is 5.26 Å². The fourth-order valence-corrected chi connectivity index (χ4v) is 2.59. The fraction of sp³-hybridized carbons (Fsp3) is 0.643. The van der Waals surface area contributed by atoms with E-state index < -0.39 is 0 Å². The number of hydrogen-bond donors (Lipinski definition) is 1. The van der Waals surface area contributed by atoms with E-state index in [9.17, 15) is 0 Å². The maximum Gasteiger partial charge on any atom is 0.158 e. The lowest BCUT2D eigenvalue weighted by Crippen LogP contribution is -2.39. The molecule has 3 rings (SSSR count). The third-order valence-corrected chi connectivity index (χ3v) is 3.86. The summed E-state index contributed by atoms with van der Waals surface area (Å²) in [5, 5.41) is 12.3. The Labute approximate surface area is 113 Å². The lowest BCUT2D eigenvalue weighted by Gasteiger charge is -2.26. The number of nitrogens with zero attached hydrogens (tertiary/aromatic N) is 4. The molecule has 1 unspecified atom stereocenters. The first-order valence-corrected chi connectivity index (χ1v) is 7.05. The van der Waals surface area contributed by atoms with Gasteiger partial charge in [-0.1, -0.05) is 0 Å². The van der Waals surface area contributed by atoms with E-state index in [0.717, 1.165) is 31.4 Å². The smallest absolute Gasteiger partial charge is 0.158 e. The van der Waals surface area contributed by atoms with Gasteiger partial charge in [0.1, 0.15) is 11.9 Å². The molecule has 0 bridgehead atoms. The monoisotopic (exact) mass is 257 g/mol. The van der Waals surface area contributed by atoms with Gasteiger partial charge in [0.2, 0.25) is 0 Å². The maximum absolute atomic E-state index is 8.78. The van der Waals surface area contributed by atoms with Gasteiger partial charge in [-0.15, -0.1) is 0 Å². The van der Waals surface area contributed by atoms with Crippen LogP contribution in [0.1, 0.15) is 31.4 Å². The van der Waals surface area contributed by atoms with E-state index in [1.54, 1.807) is 12.4 Å². The summed E-state index contributed by atoms with van der Waals surface area (Å²) in [6.45, 7) is 3.19. The topological polar surface area (TPSA) is 64.8 Å². The summed E-state index contributed by atoms with van der Waals surface area (Å²) in [6, 6.07) is 2.58. The number of aromatic nitrogens is 2. The minimum atomic E-state index is 0.383. The molecule has 1 saturated heterocycles. The van der Waals surface area contributed by atoms with Crippen molar-refractivity contribution in [1.82, 2.24) is 15.3 Å². The average Bonchev–Trinajstić information content (AvgIpc) is 3.12. The number of anilines is 1. The summed E-state index contributed by atoms with van der Waals surface area (Å²) in [4.78, 5) is 10.8. The standard InChI is InChI=1S/C14H19N5/c15-6-13-7-18-14(8-17-13)19(9-11-3-4-11)10-12-2-1-5-16-12/h7-8,11-12,16H,1-5,9-10H2. The Kier molecular flexibility index (Phi) is 3.60. The van der Waals surface area contributed by atoms with Crippen LogP contribution in [0.5, 0.6) is 0 Å². The van der Waals surface area contributed by atoms with Crippen LogP contribution in [0.15, 0.2) is 12.4 Å². The van der Waals surface area contributed by atoms with Crippen molar-refractivity contribution in [2.75, 3.05) is 24.5 Å². The van der Waals surface area contributed by atoms with Crippen LogP contribution < -0.4 is 10.2 Å². The summed E-state index contributed by atoms with van der Waals surface area (Å²) >= 11 is 0. The highest BCUT2D eigenvalue weighted by Crippen LogP contribution is 2.31. The lowest BCUT2D eigenvalue weighted by molar-refractivity contribution is 0.566. The Balaban J connectivity index is 1.70. The molecule has 5 nitrogen and oxygen atoms in total. The third kappa shape index (κ3) is 3.21. The van der Waals surface area contributed by atoms with Gasteiger partial charge in [0.15, 0.2) is 5.69 Å². The number of rotatable bonds is 5. The fourth-order valence-electron chi connectivity index (χ4n) is 2.59. The van der Waals surface area contributed by atoms with Gasteiger partial charge in [-0.05, 0) is 38.1 Å². The first-order chi connectivity index (χ1) is 9.35. The average molecular weight is 257 g/mol. The van der Waals surface area contributed by atoms with Crippen molar-refractivity contribution >= 4 is 5.82 Å². The zero-order valence-corrected chi connectivity index (χ0v) is 11.0. The maximum atomic E-state index is 8.78. The summed E-state index contributed by atoms with van der Waals surface area (Å²) in [5.74, 6) is 1.72. The molecule has 0 amide bonds. The lowest BCUT2D eigenvalue weighted by atomic mass is 10.2. The van der Waals surface area contributed by atoms with E-state index in [2.05, 4.69) is 20.2 Å². The minimum Gasteiger partial charge on any atom is -0.354 e. The Hall–Kier alpha value is -1.67. The van der Waals surface area contributed by atoms with E-state index in [4.69, 9.17) is 5.26 Å². The predicted octanol–water partition coefficient (Wildman–Crippen LogP) is 1.32. The predicted molar refractivity (Wildman–Crippen MR) is 72.7 cm³/mol. The van der Waals surface area contributed by atoms with E-state index in [0.29, 0.717) is 11.7 Å². The van der Waals surface area contributed by atoms with Gasteiger partial charge in [0.25, 0.3) is 0 Å². The van der Waals surface area contributed by atoms with Crippen LogP contribution in [0.25, 0.3) is 0 Å². The van der Waals surface area contributed by atoms with E-state index in [1.807, 2.05) is 6.07 Å².